The molecule has 1 aromatic rings. The molecule has 0 saturated carbocycles. The minimum Gasteiger partial charge on any atom is -0.316 e. The number of aromatic nitrogens is 2. The van der Waals surface area contributed by atoms with Crippen molar-refractivity contribution in [2.75, 3.05) is 24.6 Å². The van der Waals surface area contributed by atoms with E-state index in [1.54, 1.807) is 10.9 Å². The highest BCUT2D eigenvalue weighted by molar-refractivity contribution is 7.91. The topological polar surface area (TPSA) is 64.0 Å². The molecule has 2 heterocycles. The van der Waals surface area contributed by atoms with Gasteiger partial charge in [-0.05, 0) is 12.0 Å². The molecule has 1 aliphatic heterocycles. The van der Waals surface area contributed by atoms with Gasteiger partial charge in [0.1, 0.15) is 0 Å². The van der Waals surface area contributed by atoms with Crippen LogP contribution >= 0.6 is 0 Å². The van der Waals surface area contributed by atoms with E-state index >= 15 is 0 Å². The zero-order chi connectivity index (χ0) is 11.6. The first-order chi connectivity index (χ1) is 7.57. The van der Waals surface area contributed by atoms with E-state index in [1.165, 1.54) is 0 Å². The quantitative estimate of drug-likeness (QED) is 0.764. The van der Waals surface area contributed by atoms with Gasteiger partial charge < -0.3 is 5.32 Å². The van der Waals surface area contributed by atoms with Gasteiger partial charge in [0.2, 0.25) is 0 Å². The third-order valence-electron chi connectivity index (χ3n) is 2.95. The Balaban J connectivity index is 1.86. The van der Waals surface area contributed by atoms with Crippen molar-refractivity contribution in [2.24, 2.45) is 13.0 Å². The summed E-state index contributed by atoms with van der Waals surface area (Å²) in [5.41, 5.74) is 0.968. The van der Waals surface area contributed by atoms with Crippen LogP contribution in [0.3, 0.4) is 0 Å². The van der Waals surface area contributed by atoms with Gasteiger partial charge in [-0.15, -0.1) is 0 Å². The molecule has 6 heteroatoms. The van der Waals surface area contributed by atoms with Crippen LogP contribution < -0.4 is 5.32 Å². The summed E-state index contributed by atoms with van der Waals surface area (Å²) in [5, 5.41) is 7.10. The number of rotatable bonds is 5. The molecule has 0 aromatic carbocycles. The molecule has 1 aromatic heterocycles. The molecule has 2 rings (SSSR count). The van der Waals surface area contributed by atoms with Crippen LogP contribution in [0.5, 0.6) is 0 Å². The van der Waals surface area contributed by atoms with Crippen LogP contribution in [-0.2, 0) is 23.3 Å². The number of aryl methyl sites for hydroxylation is 2. The molecular formula is C10H17N3O2S. The second-order valence-corrected chi connectivity index (χ2v) is 6.56. The van der Waals surface area contributed by atoms with Gasteiger partial charge in [-0.2, -0.15) is 5.10 Å². The van der Waals surface area contributed by atoms with E-state index in [2.05, 4.69) is 10.4 Å². The van der Waals surface area contributed by atoms with Crippen molar-refractivity contribution in [3.63, 3.8) is 0 Å². The molecule has 1 N–H and O–H groups in total. The minimum atomic E-state index is -2.92. The molecule has 1 aliphatic rings. The summed E-state index contributed by atoms with van der Waals surface area (Å²) in [6.45, 7) is 1.68. The van der Waals surface area contributed by atoms with Gasteiger partial charge in [-0.25, -0.2) is 8.42 Å². The molecule has 0 aliphatic carbocycles. The van der Waals surface area contributed by atoms with E-state index in [0.717, 1.165) is 18.8 Å². The smallest absolute Gasteiger partial charge is 0.151 e. The van der Waals surface area contributed by atoms with E-state index in [1.807, 2.05) is 13.1 Å². The lowest BCUT2D eigenvalue weighted by molar-refractivity contribution is 0.378. The van der Waals surface area contributed by atoms with Crippen LogP contribution in [0.4, 0.5) is 0 Å². The third-order valence-corrected chi connectivity index (χ3v) is 4.75. The fraction of sp³-hybridized carbons (Fsp3) is 0.700. The lowest BCUT2D eigenvalue weighted by Gasteiger charge is -2.26. The fourth-order valence-electron chi connectivity index (χ4n) is 1.82. The van der Waals surface area contributed by atoms with Crippen molar-refractivity contribution in [1.29, 1.82) is 0 Å². The maximum absolute atomic E-state index is 11.8. The number of hydrogen-bond donors (Lipinski definition) is 1. The lowest BCUT2D eigenvalue weighted by Crippen LogP contribution is -2.45. The van der Waals surface area contributed by atoms with Crippen LogP contribution in [0.15, 0.2) is 12.3 Å². The lowest BCUT2D eigenvalue weighted by atomic mass is 10.1. The maximum Gasteiger partial charge on any atom is 0.151 e. The predicted octanol–water partition coefficient (Wildman–Crippen LogP) is -0.403. The normalized spacial score (nSPS) is 17.3. The molecule has 1 fully saturated rings. The van der Waals surface area contributed by atoms with Gasteiger partial charge in [-0.3, -0.25) is 4.68 Å². The summed E-state index contributed by atoms with van der Waals surface area (Å²) in [5.74, 6) is 0.859. The van der Waals surface area contributed by atoms with E-state index in [4.69, 9.17) is 0 Å². The molecule has 0 bridgehead atoms. The first kappa shape index (κ1) is 11.6. The summed E-state index contributed by atoms with van der Waals surface area (Å²) in [4.78, 5) is 0. The molecule has 0 amide bonds. The number of sulfone groups is 1. The molecule has 5 nitrogen and oxygen atoms in total. The first-order valence-corrected chi connectivity index (χ1v) is 7.27. The molecular weight excluding hydrogens is 226 g/mol. The fourth-order valence-corrected chi connectivity index (χ4v) is 3.46. The monoisotopic (exact) mass is 243 g/mol. The standard InChI is InChI=1S/C10H17N3O2S/c1-13-10(2-4-12-13)3-5-16(14,15)8-9-6-11-7-9/h2,4,9,11H,3,5-8H2,1H3. The highest BCUT2D eigenvalue weighted by atomic mass is 32.2. The average Bonchev–Trinajstić information content (AvgIpc) is 2.55. The molecule has 1 saturated heterocycles. The van der Waals surface area contributed by atoms with Gasteiger partial charge >= 0.3 is 0 Å². The van der Waals surface area contributed by atoms with Crippen molar-refractivity contribution in [2.45, 2.75) is 6.42 Å². The summed E-state index contributed by atoms with van der Waals surface area (Å²) >= 11 is 0. The Labute approximate surface area is 95.8 Å². The van der Waals surface area contributed by atoms with Crippen molar-refractivity contribution in [3.8, 4) is 0 Å². The Morgan fingerprint density at radius 3 is 2.81 bits per heavy atom. The number of hydrogen-bond acceptors (Lipinski definition) is 4. The van der Waals surface area contributed by atoms with Crippen LogP contribution in [0.1, 0.15) is 5.69 Å². The van der Waals surface area contributed by atoms with Crippen LogP contribution in [0.2, 0.25) is 0 Å². The third kappa shape index (κ3) is 2.82. The summed E-state index contributed by atoms with van der Waals surface area (Å²) in [7, 11) is -1.08. The molecule has 0 spiro atoms. The van der Waals surface area contributed by atoms with Crippen LogP contribution in [0, 0.1) is 5.92 Å². The maximum atomic E-state index is 11.8. The van der Waals surface area contributed by atoms with Gasteiger partial charge in [-0.1, -0.05) is 0 Å². The summed E-state index contributed by atoms with van der Waals surface area (Å²) < 4.78 is 25.3. The second kappa shape index (κ2) is 4.55. The van der Waals surface area contributed by atoms with Crippen molar-refractivity contribution in [3.05, 3.63) is 18.0 Å². The zero-order valence-corrected chi connectivity index (χ0v) is 10.2. The molecule has 0 radical (unpaired) electrons. The van der Waals surface area contributed by atoms with E-state index in [-0.39, 0.29) is 5.75 Å². The molecule has 0 unspecified atom stereocenters. The highest BCUT2D eigenvalue weighted by Crippen LogP contribution is 2.09. The Hall–Kier alpha value is -0.880. The van der Waals surface area contributed by atoms with Gasteiger partial charge in [0.05, 0.1) is 11.5 Å². The number of nitrogens with zero attached hydrogens (tertiary/aromatic N) is 2. The average molecular weight is 243 g/mol. The second-order valence-electron chi connectivity index (χ2n) is 4.33. The molecule has 16 heavy (non-hydrogen) atoms. The van der Waals surface area contributed by atoms with E-state index in [0.29, 0.717) is 18.1 Å². The van der Waals surface area contributed by atoms with Crippen LogP contribution in [-0.4, -0.2) is 42.8 Å². The Morgan fingerprint density at radius 2 is 2.31 bits per heavy atom. The van der Waals surface area contributed by atoms with Crippen molar-refractivity contribution >= 4 is 9.84 Å². The molecule has 90 valence electrons. The van der Waals surface area contributed by atoms with Gasteiger partial charge in [0.25, 0.3) is 0 Å². The van der Waals surface area contributed by atoms with E-state index < -0.39 is 9.84 Å². The summed E-state index contributed by atoms with van der Waals surface area (Å²) in [6.07, 6.45) is 2.25. The first-order valence-electron chi connectivity index (χ1n) is 5.45. The van der Waals surface area contributed by atoms with Crippen molar-refractivity contribution < 1.29 is 8.42 Å². The number of nitrogens with one attached hydrogen (secondary N) is 1. The SMILES string of the molecule is Cn1nccc1CCS(=O)(=O)CC1CNC1. The largest absolute Gasteiger partial charge is 0.316 e. The van der Waals surface area contributed by atoms with E-state index in [9.17, 15) is 8.42 Å². The molecule has 0 atom stereocenters. The van der Waals surface area contributed by atoms with Gasteiger partial charge in [0.15, 0.2) is 9.84 Å². The minimum absolute atomic E-state index is 0.225. The van der Waals surface area contributed by atoms with Crippen molar-refractivity contribution in [1.82, 2.24) is 15.1 Å². The highest BCUT2D eigenvalue weighted by Gasteiger charge is 2.24. The van der Waals surface area contributed by atoms with Gasteiger partial charge in [0, 0.05) is 38.4 Å². The Morgan fingerprint density at radius 1 is 1.56 bits per heavy atom. The summed E-state index contributed by atoms with van der Waals surface area (Å²) in [6, 6.07) is 1.86. The Kier molecular flexibility index (Phi) is 3.30. The zero-order valence-electron chi connectivity index (χ0n) is 9.39. The predicted molar refractivity (Wildman–Crippen MR) is 61.9 cm³/mol. The van der Waals surface area contributed by atoms with Crippen LogP contribution in [0.25, 0.3) is 0 Å². The Bertz CT molecular complexity index is 448.